The molecule has 116 valence electrons. The van der Waals surface area contributed by atoms with Crippen LogP contribution in [0.25, 0.3) is 10.9 Å². The fourth-order valence-corrected chi connectivity index (χ4v) is 3.64. The van der Waals surface area contributed by atoms with Gasteiger partial charge in [-0.15, -0.1) is 5.54 Å². The molecule has 1 fully saturated rings. The van der Waals surface area contributed by atoms with Gasteiger partial charge in [0.15, 0.2) is 0 Å². The van der Waals surface area contributed by atoms with Crippen molar-refractivity contribution in [2.75, 3.05) is 13.1 Å². The number of nitrogens with one attached hydrogen (secondary N) is 1. The minimum Gasteiger partial charge on any atom is -0.356 e. The first-order valence-electron chi connectivity index (χ1n) is 8.37. The van der Waals surface area contributed by atoms with E-state index in [4.69, 9.17) is 0 Å². The lowest BCUT2D eigenvalue weighted by atomic mass is 10.1. The summed E-state index contributed by atoms with van der Waals surface area (Å²) >= 11 is 0. The molecule has 1 N–H and O–H groups in total. The van der Waals surface area contributed by atoms with E-state index in [1.807, 2.05) is 0 Å². The van der Waals surface area contributed by atoms with Crippen LogP contribution in [-0.4, -0.2) is 31.0 Å². The number of aromatic nitrogens is 1. The molecule has 0 radical (unpaired) electrons. The number of hydrogen-bond donors (Lipinski definition) is 1. The molecule has 3 heteroatoms. The molecule has 2 heterocycles. The zero-order valence-corrected chi connectivity index (χ0v) is 14.9. The van der Waals surface area contributed by atoms with Gasteiger partial charge in [-0.2, -0.15) is 0 Å². The second-order valence-electron chi connectivity index (χ2n) is 7.33. The highest BCUT2D eigenvalue weighted by Crippen LogP contribution is 2.26. The molecule has 0 aliphatic carbocycles. The molecule has 2 aromatic rings. The van der Waals surface area contributed by atoms with E-state index in [9.17, 15) is 0 Å². The molecule has 1 aliphatic heterocycles. The Morgan fingerprint density at radius 3 is 2.50 bits per heavy atom. The smallest absolute Gasteiger partial charge is 0.129 e. The van der Waals surface area contributed by atoms with E-state index in [1.54, 1.807) is 0 Å². The Balaban J connectivity index is 1.97. The van der Waals surface area contributed by atoms with Crippen LogP contribution < -0.4 is 0 Å². The summed E-state index contributed by atoms with van der Waals surface area (Å²) in [4.78, 5) is 6.16. The Morgan fingerprint density at radius 1 is 1.09 bits per heavy atom. The predicted octanol–water partition coefficient (Wildman–Crippen LogP) is 4.58. The van der Waals surface area contributed by atoms with E-state index in [0.29, 0.717) is 0 Å². The van der Waals surface area contributed by atoms with Crippen molar-refractivity contribution in [2.45, 2.75) is 44.9 Å². The maximum Gasteiger partial charge on any atom is 0.129 e. The van der Waals surface area contributed by atoms with E-state index >= 15 is 0 Å². The van der Waals surface area contributed by atoms with E-state index in [0.717, 1.165) is 0 Å². The number of para-hydroxylation sites is 1. The molecule has 1 unspecified atom stereocenters. The number of piperidine rings is 1. The Labute approximate surface area is 134 Å². The standard InChI is InChI=1S/C19H26N2Si/c1-22(2,3)14-11-19(21-12-7-4-8-13-21)18-15-16-9-5-6-10-17(16)20-18/h5-6,9-10,15,19-20H,4,7-8,12-13H2,1-3H3. The van der Waals surface area contributed by atoms with E-state index in [2.05, 4.69) is 71.3 Å². The fourth-order valence-electron chi connectivity index (χ4n) is 3.07. The van der Waals surface area contributed by atoms with Crippen LogP contribution in [0, 0.1) is 11.5 Å². The molecular formula is C19H26N2Si. The maximum absolute atomic E-state index is 3.61. The summed E-state index contributed by atoms with van der Waals surface area (Å²) in [5, 5.41) is 1.29. The topological polar surface area (TPSA) is 19.0 Å². The van der Waals surface area contributed by atoms with Crippen molar-refractivity contribution >= 4 is 19.0 Å². The SMILES string of the molecule is C[Si](C)(C)C#CC(c1cc2ccccc2[nH]1)N1CCCCC1. The van der Waals surface area contributed by atoms with Crippen LogP contribution in [0.3, 0.4) is 0 Å². The predicted molar refractivity (Wildman–Crippen MR) is 97.6 cm³/mol. The fraction of sp³-hybridized carbons (Fsp3) is 0.474. The second kappa shape index (κ2) is 6.32. The molecule has 2 nitrogen and oxygen atoms in total. The normalized spacial score (nSPS) is 18.0. The molecule has 1 aromatic carbocycles. The Bertz CT molecular complexity index is 660. The van der Waals surface area contributed by atoms with Gasteiger partial charge in [-0.25, -0.2) is 0 Å². The van der Waals surface area contributed by atoms with Gasteiger partial charge in [0.25, 0.3) is 0 Å². The van der Waals surface area contributed by atoms with Gasteiger partial charge in [0.1, 0.15) is 14.1 Å². The van der Waals surface area contributed by atoms with Gasteiger partial charge in [-0.1, -0.05) is 50.2 Å². The van der Waals surface area contributed by atoms with Gasteiger partial charge in [0.05, 0.1) is 0 Å². The summed E-state index contributed by atoms with van der Waals surface area (Å²) in [5.41, 5.74) is 6.06. The number of likely N-dealkylation sites (tertiary alicyclic amines) is 1. The molecular weight excluding hydrogens is 284 g/mol. The van der Waals surface area contributed by atoms with Gasteiger partial charge in [-0.05, 0) is 43.5 Å². The highest BCUT2D eigenvalue weighted by molar-refractivity contribution is 6.83. The van der Waals surface area contributed by atoms with E-state index in [1.165, 1.54) is 48.9 Å². The van der Waals surface area contributed by atoms with Crippen LogP contribution in [0.2, 0.25) is 19.6 Å². The number of fused-ring (bicyclic) bond motifs is 1. The molecule has 1 atom stereocenters. The monoisotopic (exact) mass is 310 g/mol. The number of benzene rings is 1. The van der Waals surface area contributed by atoms with Crippen molar-refractivity contribution in [2.24, 2.45) is 0 Å². The van der Waals surface area contributed by atoms with Crippen LogP contribution >= 0.6 is 0 Å². The van der Waals surface area contributed by atoms with Crippen molar-refractivity contribution in [3.05, 3.63) is 36.0 Å². The number of rotatable bonds is 2. The summed E-state index contributed by atoms with van der Waals surface area (Å²) in [5.74, 6) is 3.61. The number of nitrogens with zero attached hydrogens (tertiary/aromatic N) is 1. The van der Waals surface area contributed by atoms with Gasteiger partial charge < -0.3 is 4.98 Å². The molecule has 3 rings (SSSR count). The highest BCUT2D eigenvalue weighted by atomic mass is 28.3. The third-order valence-corrected chi connectivity index (χ3v) is 5.08. The van der Waals surface area contributed by atoms with Crippen molar-refractivity contribution < 1.29 is 0 Å². The summed E-state index contributed by atoms with van der Waals surface area (Å²) in [6, 6.07) is 11.0. The third kappa shape index (κ3) is 3.63. The first-order chi connectivity index (χ1) is 10.5. The molecule has 22 heavy (non-hydrogen) atoms. The van der Waals surface area contributed by atoms with Crippen LogP contribution in [-0.2, 0) is 0 Å². The first-order valence-corrected chi connectivity index (χ1v) is 11.9. The molecule has 1 saturated heterocycles. The lowest BCUT2D eigenvalue weighted by molar-refractivity contribution is 0.195. The molecule has 1 aliphatic rings. The number of H-pyrrole nitrogens is 1. The van der Waals surface area contributed by atoms with Gasteiger partial charge in [0, 0.05) is 11.2 Å². The summed E-state index contributed by atoms with van der Waals surface area (Å²) < 4.78 is 0. The molecule has 1 aromatic heterocycles. The Morgan fingerprint density at radius 2 is 1.82 bits per heavy atom. The Hall–Kier alpha value is -1.50. The lowest BCUT2D eigenvalue weighted by Gasteiger charge is -2.31. The first kappa shape index (κ1) is 15.4. The summed E-state index contributed by atoms with van der Waals surface area (Å²) in [6.07, 6.45) is 3.95. The number of aromatic amines is 1. The third-order valence-electron chi connectivity index (χ3n) is 4.19. The highest BCUT2D eigenvalue weighted by Gasteiger charge is 2.22. The van der Waals surface area contributed by atoms with Gasteiger partial charge >= 0.3 is 0 Å². The van der Waals surface area contributed by atoms with Crippen LogP contribution in [0.1, 0.15) is 31.0 Å². The van der Waals surface area contributed by atoms with Crippen LogP contribution in [0.4, 0.5) is 0 Å². The van der Waals surface area contributed by atoms with Crippen molar-refractivity contribution in [1.29, 1.82) is 0 Å². The zero-order chi connectivity index (χ0) is 15.6. The quantitative estimate of drug-likeness (QED) is 0.635. The van der Waals surface area contributed by atoms with Gasteiger partial charge in [-0.3, -0.25) is 4.90 Å². The van der Waals surface area contributed by atoms with Crippen LogP contribution in [0.15, 0.2) is 30.3 Å². The molecule has 0 bridgehead atoms. The van der Waals surface area contributed by atoms with Crippen LogP contribution in [0.5, 0.6) is 0 Å². The van der Waals surface area contributed by atoms with Gasteiger partial charge in [0.2, 0.25) is 0 Å². The summed E-state index contributed by atoms with van der Waals surface area (Å²) in [6.45, 7) is 9.29. The van der Waals surface area contributed by atoms with E-state index < -0.39 is 8.07 Å². The molecule has 0 amide bonds. The van der Waals surface area contributed by atoms with E-state index in [-0.39, 0.29) is 6.04 Å². The largest absolute Gasteiger partial charge is 0.356 e. The van der Waals surface area contributed by atoms with Crippen molar-refractivity contribution in [3.63, 3.8) is 0 Å². The van der Waals surface area contributed by atoms with Crippen molar-refractivity contribution in [1.82, 2.24) is 9.88 Å². The second-order valence-corrected chi connectivity index (χ2v) is 12.1. The molecule has 0 spiro atoms. The Kier molecular flexibility index (Phi) is 4.42. The molecule has 0 saturated carbocycles. The minimum absolute atomic E-state index is 0.222. The summed E-state index contributed by atoms with van der Waals surface area (Å²) in [7, 11) is -1.36. The van der Waals surface area contributed by atoms with Crippen molar-refractivity contribution in [3.8, 4) is 11.5 Å². The number of hydrogen-bond acceptors (Lipinski definition) is 1. The average molecular weight is 311 g/mol. The average Bonchev–Trinajstić information content (AvgIpc) is 2.91. The maximum atomic E-state index is 3.61. The minimum atomic E-state index is -1.36. The lowest BCUT2D eigenvalue weighted by Crippen LogP contribution is -2.33. The zero-order valence-electron chi connectivity index (χ0n) is 13.9.